The molecule has 0 aliphatic carbocycles. The monoisotopic (exact) mass is 995 g/mol. The molecule has 10 heteroatoms. The second-order valence-corrected chi connectivity index (χ2v) is 22.3. The van der Waals surface area contributed by atoms with Crippen LogP contribution in [0.25, 0.3) is 102 Å². The van der Waals surface area contributed by atoms with Crippen molar-refractivity contribution in [3.05, 3.63) is 210 Å². The van der Waals surface area contributed by atoms with Gasteiger partial charge in [-0.3, -0.25) is 0 Å². The van der Waals surface area contributed by atoms with Crippen molar-refractivity contribution >= 4 is 158 Å². The summed E-state index contributed by atoms with van der Waals surface area (Å²) in [6.07, 6.45) is 9.29. The van der Waals surface area contributed by atoms with Gasteiger partial charge in [0.05, 0.1) is 0 Å². The number of aromatic nitrogens is 5. The summed E-state index contributed by atoms with van der Waals surface area (Å²) in [5.41, 5.74) is 6.60. The van der Waals surface area contributed by atoms with Gasteiger partial charge in [0.1, 0.15) is 24.2 Å². The molecule has 340 valence electrons. The van der Waals surface area contributed by atoms with E-state index in [1.54, 1.807) is 56.7 Å². The smallest absolute Gasteiger partial charge is 0.124 e. The minimum absolute atomic E-state index is 1.13. The average Bonchev–Trinajstić information content (AvgIpc) is 4.21. The highest BCUT2D eigenvalue weighted by Crippen LogP contribution is 2.37. The van der Waals surface area contributed by atoms with Gasteiger partial charge >= 0.3 is 0 Å². The molecule has 5 nitrogen and oxygen atoms in total. The SMILES string of the molecule is Cc1ccc2c(c1)sc1ncccc12.Cc1ccc2sc3ncccc3c2c1.Cc1cccc2c1sc1ncccc12.Cc1cccc2sc3ncccc3c12.Cc1ccnc2sc3ccccc3c12. The van der Waals surface area contributed by atoms with Crippen LogP contribution in [0.2, 0.25) is 0 Å². The van der Waals surface area contributed by atoms with Crippen LogP contribution in [0, 0.1) is 34.6 Å². The van der Waals surface area contributed by atoms with Crippen LogP contribution < -0.4 is 0 Å². The molecule has 0 saturated heterocycles. The Morgan fingerprint density at radius 1 is 0.271 bits per heavy atom. The predicted octanol–water partition coefficient (Wildman–Crippen LogP) is 18.8. The minimum atomic E-state index is 1.13. The number of hydrogen-bond acceptors (Lipinski definition) is 10. The van der Waals surface area contributed by atoms with Crippen LogP contribution in [0.4, 0.5) is 0 Å². The van der Waals surface area contributed by atoms with Gasteiger partial charge in [0.25, 0.3) is 0 Å². The summed E-state index contributed by atoms with van der Waals surface area (Å²) >= 11 is 8.83. The molecule has 15 rings (SSSR count). The highest BCUT2D eigenvalue weighted by atomic mass is 32.1. The zero-order valence-electron chi connectivity index (χ0n) is 39.1. The first kappa shape index (κ1) is 45.4. The van der Waals surface area contributed by atoms with Crippen molar-refractivity contribution in [3.8, 4) is 0 Å². The fourth-order valence-electron chi connectivity index (χ4n) is 8.86. The number of hydrogen-bond donors (Lipinski definition) is 0. The third kappa shape index (κ3) is 9.01. The number of pyridine rings is 5. The molecule has 0 spiro atoms. The standard InChI is InChI=1S/5C12H9NS/c1-8-4-2-6-10-11(8)9-5-3-7-13-12(9)14-10;1-8-4-2-5-9-10-6-3-7-13-12(10)14-11(8)9;1-8-4-5-9-10-3-2-6-13-12(10)14-11(9)7-8;1-8-4-5-11-10(7-8)9-3-2-6-13-12(9)14-11;1-8-6-7-13-12-11(8)9-4-2-3-5-10(9)14-12/h5*2-7H,1H3. The molecule has 15 aromatic rings. The maximum Gasteiger partial charge on any atom is 0.124 e. The first-order chi connectivity index (χ1) is 34.3. The summed E-state index contributed by atoms with van der Waals surface area (Å²) < 4.78 is 6.67. The Balaban J connectivity index is 0.0000000952. The second-order valence-electron chi connectivity index (χ2n) is 17.1. The lowest BCUT2D eigenvalue weighted by molar-refractivity contribution is 1.40. The van der Waals surface area contributed by atoms with E-state index in [9.17, 15) is 0 Å². The second kappa shape index (κ2) is 19.7. The van der Waals surface area contributed by atoms with Crippen LogP contribution >= 0.6 is 56.7 Å². The summed E-state index contributed by atoms with van der Waals surface area (Å²) in [6.45, 7) is 10.7. The average molecular weight is 996 g/mol. The number of aryl methyl sites for hydroxylation is 5. The number of thiophene rings is 5. The topological polar surface area (TPSA) is 64.5 Å². The van der Waals surface area contributed by atoms with Crippen molar-refractivity contribution in [2.45, 2.75) is 34.6 Å². The summed E-state index contributed by atoms with van der Waals surface area (Å²) in [6, 6.07) is 53.1. The molecule has 5 aromatic carbocycles. The van der Waals surface area contributed by atoms with Crippen molar-refractivity contribution in [1.29, 1.82) is 0 Å². The Morgan fingerprint density at radius 2 is 0.757 bits per heavy atom. The van der Waals surface area contributed by atoms with Crippen molar-refractivity contribution in [3.63, 3.8) is 0 Å². The lowest BCUT2D eigenvalue weighted by Crippen LogP contribution is -1.76. The van der Waals surface area contributed by atoms with Crippen LogP contribution in [0.1, 0.15) is 27.8 Å². The lowest BCUT2D eigenvalue weighted by Gasteiger charge is -1.94. The van der Waals surface area contributed by atoms with Gasteiger partial charge in [0.15, 0.2) is 0 Å². The highest BCUT2D eigenvalue weighted by Gasteiger charge is 2.10. The Bertz CT molecular complexity index is 4210. The largest absolute Gasteiger partial charge is 0.245 e. The molecular weight excluding hydrogens is 951 g/mol. The maximum atomic E-state index is 4.40. The van der Waals surface area contributed by atoms with E-state index in [0.717, 1.165) is 24.2 Å². The minimum Gasteiger partial charge on any atom is -0.245 e. The van der Waals surface area contributed by atoms with E-state index >= 15 is 0 Å². The highest BCUT2D eigenvalue weighted by molar-refractivity contribution is 7.27. The van der Waals surface area contributed by atoms with Crippen molar-refractivity contribution < 1.29 is 0 Å². The van der Waals surface area contributed by atoms with Crippen molar-refractivity contribution in [1.82, 2.24) is 24.9 Å². The Kier molecular flexibility index (Phi) is 12.8. The Hall–Kier alpha value is -7.05. The fourth-order valence-corrected chi connectivity index (χ4v) is 14.4. The molecule has 0 unspecified atom stereocenters. The summed E-state index contributed by atoms with van der Waals surface area (Å²) in [4.78, 5) is 27.6. The number of benzene rings is 5. The van der Waals surface area contributed by atoms with E-state index in [1.165, 1.54) is 105 Å². The summed E-state index contributed by atoms with van der Waals surface area (Å²) in [5.74, 6) is 0. The molecule has 0 N–H and O–H groups in total. The van der Waals surface area contributed by atoms with Gasteiger partial charge in [-0.2, -0.15) is 0 Å². The zero-order valence-corrected chi connectivity index (χ0v) is 43.2. The molecule has 0 atom stereocenters. The van der Waals surface area contributed by atoms with Gasteiger partial charge in [0.2, 0.25) is 0 Å². The van der Waals surface area contributed by atoms with E-state index in [0.29, 0.717) is 0 Å². The molecule has 10 heterocycles. The first-order valence-electron chi connectivity index (χ1n) is 22.9. The fraction of sp³-hybridized carbons (Fsp3) is 0.0833. The van der Waals surface area contributed by atoms with Gasteiger partial charge in [-0.1, -0.05) is 72.3 Å². The molecule has 0 aliphatic heterocycles. The van der Waals surface area contributed by atoms with Crippen LogP contribution in [-0.2, 0) is 0 Å². The molecule has 0 radical (unpaired) electrons. The third-order valence-electron chi connectivity index (χ3n) is 12.2. The molecular formula is C60H45N5S5. The molecule has 0 saturated carbocycles. The van der Waals surface area contributed by atoms with Crippen molar-refractivity contribution in [2.24, 2.45) is 0 Å². The predicted molar refractivity (Wildman–Crippen MR) is 309 cm³/mol. The lowest BCUT2D eigenvalue weighted by atomic mass is 10.1. The van der Waals surface area contributed by atoms with Crippen LogP contribution in [0.15, 0.2) is 183 Å². The molecule has 0 amide bonds. The Labute approximate surface area is 425 Å². The van der Waals surface area contributed by atoms with Crippen LogP contribution in [0.5, 0.6) is 0 Å². The third-order valence-corrected chi connectivity index (χ3v) is 17.8. The maximum absolute atomic E-state index is 4.40. The van der Waals surface area contributed by atoms with Crippen LogP contribution in [-0.4, -0.2) is 24.9 Å². The first-order valence-corrected chi connectivity index (χ1v) is 27.0. The Morgan fingerprint density at radius 3 is 1.51 bits per heavy atom. The van der Waals surface area contributed by atoms with E-state index in [2.05, 4.69) is 187 Å². The normalized spacial score (nSPS) is 11.2. The molecule has 0 fully saturated rings. The van der Waals surface area contributed by atoms with Crippen molar-refractivity contribution in [2.75, 3.05) is 0 Å². The number of nitrogens with zero attached hydrogens (tertiary/aromatic N) is 5. The van der Waals surface area contributed by atoms with Gasteiger partial charge < -0.3 is 0 Å². The van der Waals surface area contributed by atoms with Gasteiger partial charge in [-0.25, -0.2) is 24.9 Å². The van der Waals surface area contributed by atoms with Gasteiger partial charge in [0, 0.05) is 108 Å². The molecule has 0 aliphatic rings. The summed E-state index contributed by atoms with van der Waals surface area (Å²) in [5, 5.41) is 13.1. The van der Waals surface area contributed by atoms with E-state index in [1.807, 2.05) is 55.2 Å². The molecule has 0 bridgehead atoms. The van der Waals surface area contributed by atoms with E-state index in [-0.39, 0.29) is 0 Å². The van der Waals surface area contributed by atoms with Gasteiger partial charge in [-0.05, 0) is 142 Å². The molecule has 10 aromatic heterocycles. The van der Waals surface area contributed by atoms with Gasteiger partial charge in [-0.15, -0.1) is 56.7 Å². The zero-order chi connectivity index (χ0) is 47.7. The van der Waals surface area contributed by atoms with E-state index in [4.69, 9.17) is 0 Å². The number of rotatable bonds is 0. The number of fused-ring (bicyclic) bond motifs is 15. The molecule has 70 heavy (non-hydrogen) atoms. The van der Waals surface area contributed by atoms with E-state index < -0.39 is 0 Å². The van der Waals surface area contributed by atoms with Crippen LogP contribution in [0.3, 0.4) is 0 Å². The summed E-state index contributed by atoms with van der Waals surface area (Å²) in [7, 11) is 0. The quantitative estimate of drug-likeness (QED) is 0.151.